The molecule has 4 aliphatic rings. The summed E-state index contributed by atoms with van der Waals surface area (Å²) >= 11 is 6.13. The van der Waals surface area contributed by atoms with Crippen molar-refractivity contribution in [2.45, 2.75) is 56.3 Å². The van der Waals surface area contributed by atoms with E-state index in [1.807, 2.05) is 0 Å². The molecular weight excluding hydrogens is 440 g/mol. The molecule has 32 heavy (non-hydrogen) atoms. The normalized spacial score (nSPS) is 30.2. The molecule has 3 atom stereocenters. The van der Waals surface area contributed by atoms with Gasteiger partial charge in [-0.1, -0.05) is 11.6 Å². The van der Waals surface area contributed by atoms with Crippen molar-refractivity contribution in [2.75, 3.05) is 44.4 Å². The van der Waals surface area contributed by atoms with Crippen molar-refractivity contribution >= 4 is 28.3 Å². The Morgan fingerprint density at radius 1 is 1.22 bits per heavy atom. The van der Waals surface area contributed by atoms with Crippen LogP contribution in [0.5, 0.6) is 6.01 Å². The van der Waals surface area contributed by atoms with Crippen LogP contribution < -0.4 is 9.64 Å². The Kier molecular flexibility index (Phi) is 5.11. The van der Waals surface area contributed by atoms with E-state index in [-0.39, 0.29) is 34.9 Å². The SMILES string of the molecule is Fc1c(Cl)nc2c3c(nc(OC[C@@]45CCCN4C[C@H](F)C5)nc13)N1CCCOC[C@@H]1CC2. The van der Waals surface area contributed by atoms with Gasteiger partial charge in [-0.3, -0.25) is 4.90 Å². The highest BCUT2D eigenvalue weighted by atomic mass is 35.5. The van der Waals surface area contributed by atoms with E-state index >= 15 is 4.39 Å². The highest BCUT2D eigenvalue weighted by Crippen LogP contribution is 2.41. The largest absolute Gasteiger partial charge is 0.461 e. The molecule has 172 valence electrons. The van der Waals surface area contributed by atoms with Crippen molar-refractivity contribution in [1.29, 1.82) is 0 Å². The minimum Gasteiger partial charge on any atom is -0.461 e. The average molecular weight is 466 g/mol. The predicted octanol–water partition coefficient (Wildman–Crippen LogP) is 3.31. The van der Waals surface area contributed by atoms with E-state index in [4.69, 9.17) is 26.1 Å². The summed E-state index contributed by atoms with van der Waals surface area (Å²) in [6, 6.07) is 0.222. The molecule has 7 nitrogen and oxygen atoms in total. The number of aromatic nitrogens is 3. The smallest absolute Gasteiger partial charge is 0.319 e. The fourth-order valence-corrected chi connectivity index (χ4v) is 6.12. The van der Waals surface area contributed by atoms with Gasteiger partial charge in [-0.05, 0) is 38.6 Å². The van der Waals surface area contributed by atoms with Gasteiger partial charge in [0.05, 0.1) is 29.3 Å². The Labute approximate surface area is 190 Å². The van der Waals surface area contributed by atoms with Crippen LogP contribution in [0.1, 0.15) is 37.8 Å². The number of hydrogen-bond acceptors (Lipinski definition) is 7. The van der Waals surface area contributed by atoms with Crippen LogP contribution in [0.4, 0.5) is 14.6 Å². The minimum absolute atomic E-state index is 0.106. The van der Waals surface area contributed by atoms with E-state index in [1.165, 1.54) is 0 Å². The maximum Gasteiger partial charge on any atom is 0.319 e. The molecule has 0 spiro atoms. The molecule has 0 N–H and O–H groups in total. The van der Waals surface area contributed by atoms with Crippen molar-refractivity contribution in [3.63, 3.8) is 0 Å². The predicted molar refractivity (Wildman–Crippen MR) is 116 cm³/mol. The summed E-state index contributed by atoms with van der Waals surface area (Å²) in [7, 11) is 0. The number of alkyl halides is 1. The first-order chi connectivity index (χ1) is 15.5. The zero-order valence-electron chi connectivity index (χ0n) is 17.8. The van der Waals surface area contributed by atoms with Gasteiger partial charge in [0, 0.05) is 26.1 Å². The number of fused-ring (bicyclic) bond motifs is 3. The molecular formula is C22H26ClF2N5O2. The molecule has 0 saturated carbocycles. The first-order valence-electron chi connectivity index (χ1n) is 11.5. The molecule has 0 aliphatic carbocycles. The summed E-state index contributed by atoms with van der Waals surface area (Å²) in [6.07, 6.45) is 3.83. The number of rotatable bonds is 3. The van der Waals surface area contributed by atoms with E-state index in [9.17, 15) is 4.39 Å². The quantitative estimate of drug-likeness (QED) is 0.644. The zero-order valence-corrected chi connectivity index (χ0v) is 18.6. The molecule has 0 aromatic carbocycles. The monoisotopic (exact) mass is 465 g/mol. The van der Waals surface area contributed by atoms with Crippen molar-refractivity contribution in [3.8, 4) is 6.01 Å². The summed E-state index contributed by atoms with van der Waals surface area (Å²) in [5.74, 6) is -0.0274. The fourth-order valence-electron chi connectivity index (χ4n) is 5.93. The highest BCUT2D eigenvalue weighted by Gasteiger charge is 2.49. The van der Waals surface area contributed by atoms with E-state index in [0.717, 1.165) is 38.8 Å². The van der Waals surface area contributed by atoms with Crippen LogP contribution in [0.2, 0.25) is 5.15 Å². The first kappa shape index (κ1) is 20.7. The van der Waals surface area contributed by atoms with Gasteiger partial charge in [-0.15, -0.1) is 0 Å². The van der Waals surface area contributed by atoms with Gasteiger partial charge < -0.3 is 14.4 Å². The van der Waals surface area contributed by atoms with Crippen LogP contribution in [0.3, 0.4) is 0 Å². The second-order valence-electron chi connectivity index (χ2n) is 9.40. The lowest BCUT2D eigenvalue weighted by molar-refractivity contribution is 0.107. The topological polar surface area (TPSA) is 63.6 Å². The second-order valence-corrected chi connectivity index (χ2v) is 9.75. The van der Waals surface area contributed by atoms with E-state index in [1.54, 1.807) is 0 Å². The number of anilines is 1. The number of ether oxygens (including phenoxy) is 2. The molecule has 10 heteroatoms. The summed E-state index contributed by atoms with van der Waals surface area (Å²) in [6.45, 7) is 3.64. The average Bonchev–Trinajstić information content (AvgIpc) is 3.12. The summed E-state index contributed by atoms with van der Waals surface area (Å²) in [5.41, 5.74) is 0.517. The van der Waals surface area contributed by atoms with Gasteiger partial charge in [0.25, 0.3) is 0 Å². The van der Waals surface area contributed by atoms with Crippen molar-refractivity contribution < 1.29 is 18.3 Å². The highest BCUT2D eigenvalue weighted by molar-refractivity contribution is 6.30. The Morgan fingerprint density at radius 3 is 3.03 bits per heavy atom. The van der Waals surface area contributed by atoms with Crippen molar-refractivity contribution in [2.24, 2.45) is 0 Å². The molecule has 0 bridgehead atoms. The Hall–Kier alpha value is -1.84. The summed E-state index contributed by atoms with van der Waals surface area (Å²) in [4.78, 5) is 17.9. The first-order valence-corrected chi connectivity index (χ1v) is 11.8. The van der Waals surface area contributed by atoms with Gasteiger partial charge in [-0.2, -0.15) is 9.97 Å². The molecule has 6 rings (SSSR count). The van der Waals surface area contributed by atoms with Crippen LogP contribution in [0.15, 0.2) is 0 Å². The molecule has 3 fully saturated rings. The number of hydrogen-bond donors (Lipinski definition) is 0. The van der Waals surface area contributed by atoms with Crippen LogP contribution in [0, 0.1) is 5.82 Å². The maximum atomic E-state index is 15.1. The Balaban J connectivity index is 1.42. The number of pyridine rings is 1. The number of nitrogens with zero attached hydrogens (tertiary/aromatic N) is 5. The molecule has 6 heterocycles. The van der Waals surface area contributed by atoms with Gasteiger partial charge >= 0.3 is 6.01 Å². The second kappa shape index (κ2) is 7.88. The maximum absolute atomic E-state index is 15.1. The molecule has 0 radical (unpaired) electrons. The molecule has 2 aromatic heterocycles. The van der Waals surface area contributed by atoms with E-state index in [0.29, 0.717) is 49.5 Å². The van der Waals surface area contributed by atoms with E-state index in [2.05, 4.69) is 19.8 Å². The number of halogens is 3. The summed E-state index contributed by atoms with van der Waals surface area (Å²) in [5, 5.41) is 0.419. The zero-order chi connectivity index (χ0) is 21.9. The molecule has 0 unspecified atom stereocenters. The third-order valence-corrected chi connectivity index (χ3v) is 7.69. The molecule has 3 saturated heterocycles. The van der Waals surface area contributed by atoms with Gasteiger partial charge in [-0.25, -0.2) is 13.8 Å². The number of aryl methyl sites for hydroxylation is 1. The van der Waals surface area contributed by atoms with Crippen LogP contribution in [-0.2, 0) is 11.2 Å². The third-order valence-electron chi connectivity index (χ3n) is 7.44. The van der Waals surface area contributed by atoms with Crippen molar-refractivity contribution in [1.82, 2.24) is 19.9 Å². The molecule has 2 aromatic rings. The lowest BCUT2D eigenvalue weighted by atomic mass is 9.95. The lowest BCUT2D eigenvalue weighted by Crippen LogP contribution is -2.43. The fraction of sp³-hybridized carbons (Fsp3) is 0.682. The van der Waals surface area contributed by atoms with Crippen molar-refractivity contribution in [3.05, 3.63) is 16.7 Å². The van der Waals surface area contributed by atoms with E-state index < -0.39 is 12.0 Å². The Bertz CT molecular complexity index is 1060. The molecule has 0 amide bonds. The van der Waals surface area contributed by atoms with Crippen LogP contribution in [-0.4, -0.2) is 77.1 Å². The van der Waals surface area contributed by atoms with Gasteiger partial charge in [0.15, 0.2) is 11.0 Å². The standard InChI is InChI=1S/C22H26ClF2N5O2/c23-19-17(25)18-16-15(26-19)4-3-14-11-31-8-2-7-30(14)20(16)28-21(27-18)32-12-22-5-1-6-29(22)10-13(24)9-22/h13-14H,1-12H2/t13-,14+,22+/m1/s1. The van der Waals surface area contributed by atoms with Crippen LogP contribution in [0.25, 0.3) is 10.9 Å². The Morgan fingerprint density at radius 2 is 2.12 bits per heavy atom. The molecule has 4 aliphatic heterocycles. The van der Waals surface area contributed by atoms with Gasteiger partial charge in [0.2, 0.25) is 0 Å². The third kappa shape index (κ3) is 3.31. The lowest BCUT2D eigenvalue weighted by Gasteiger charge is -2.31. The minimum atomic E-state index is -0.844. The van der Waals surface area contributed by atoms with Gasteiger partial charge in [0.1, 0.15) is 24.1 Å². The van der Waals surface area contributed by atoms with Crippen LogP contribution >= 0.6 is 11.6 Å². The summed E-state index contributed by atoms with van der Waals surface area (Å²) < 4.78 is 41.1.